The SMILES string of the molecule is CN1CCN(c2ccc(Cl)cc2NC(=O)CSc2ccccc2Cl)CC1. The van der Waals surface area contributed by atoms with Crippen LogP contribution in [0.3, 0.4) is 0 Å². The molecule has 1 amide bonds. The maximum atomic E-state index is 12.5. The van der Waals surface area contributed by atoms with Crippen molar-refractivity contribution in [2.75, 3.05) is 49.2 Å². The number of benzene rings is 2. The van der Waals surface area contributed by atoms with Gasteiger partial charge in [-0.2, -0.15) is 0 Å². The Bertz CT molecular complexity index is 779. The number of hydrogen-bond donors (Lipinski definition) is 1. The number of anilines is 2. The summed E-state index contributed by atoms with van der Waals surface area (Å²) in [6.07, 6.45) is 0. The van der Waals surface area contributed by atoms with Gasteiger partial charge in [0.15, 0.2) is 0 Å². The van der Waals surface area contributed by atoms with E-state index >= 15 is 0 Å². The van der Waals surface area contributed by atoms with Gasteiger partial charge >= 0.3 is 0 Å². The van der Waals surface area contributed by atoms with Crippen LogP contribution in [0.15, 0.2) is 47.4 Å². The van der Waals surface area contributed by atoms with Gasteiger partial charge in [-0.25, -0.2) is 0 Å². The van der Waals surface area contributed by atoms with Crippen LogP contribution >= 0.6 is 35.0 Å². The topological polar surface area (TPSA) is 35.6 Å². The molecule has 0 spiro atoms. The number of nitrogens with one attached hydrogen (secondary N) is 1. The zero-order valence-corrected chi connectivity index (χ0v) is 16.9. The zero-order chi connectivity index (χ0) is 18.5. The van der Waals surface area contributed by atoms with Gasteiger partial charge < -0.3 is 15.1 Å². The second-order valence-corrected chi connectivity index (χ2v) is 8.08. The van der Waals surface area contributed by atoms with Gasteiger partial charge in [-0.15, -0.1) is 11.8 Å². The summed E-state index contributed by atoms with van der Waals surface area (Å²) in [5, 5.41) is 4.27. The summed E-state index contributed by atoms with van der Waals surface area (Å²) < 4.78 is 0. The van der Waals surface area contributed by atoms with E-state index in [1.165, 1.54) is 11.8 Å². The second kappa shape index (κ2) is 9.00. The number of carbonyl (C=O) groups excluding carboxylic acids is 1. The van der Waals surface area contributed by atoms with Crippen molar-refractivity contribution in [1.29, 1.82) is 0 Å². The Balaban J connectivity index is 1.67. The number of halogens is 2. The lowest BCUT2D eigenvalue weighted by molar-refractivity contribution is -0.113. The van der Waals surface area contributed by atoms with Crippen LogP contribution in [0.5, 0.6) is 0 Å². The molecule has 0 saturated carbocycles. The molecule has 7 heteroatoms. The maximum absolute atomic E-state index is 12.5. The predicted octanol–water partition coefficient (Wildman–Crippen LogP) is 4.48. The van der Waals surface area contributed by atoms with Crippen molar-refractivity contribution in [3.63, 3.8) is 0 Å². The fourth-order valence-corrected chi connectivity index (χ4v) is 4.03. The third-order valence-corrected chi connectivity index (χ3v) is 6.02. The van der Waals surface area contributed by atoms with Crippen molar-refractivity contribution in [3.05, 3.63) is 52.5 Å². The van der Waals surface area contributed by atoms with Crippen LogP contribution in [0.4, 0.5) is 11.4 Å². The summed E-state index contributed by atoms with van der Waals surface area (Å²) in [5.74, 6) is 0.214. The Hall–Kier alpha value is -1.40. The third kappa shape index (κ3) is 5.07. The van der Waals surface area contributed by atoms with Crippen molar-refractivity contribution in [2.24, 2.45) is 0 Å². The van der Waals surface area contributed by atoms with E-state index in [0.717, 1.165) is 42.4 Å². The minimum atomic E-state index is -0.0763. The molecule has 1 aliphatic heterocycles. The number of carbonyl (C=O) groups is 1. The smallest absolute Gasteiger partial charge is 0.234 e. The highest BCUT2D eigenvalue weighted by Crippen LogP contribution is 2.31. The Kier molecular flexibility index (Phi) is 6.70. The lowest BCUT2D eigenvalue weighted by Gasteiger charge is -2.35. The van der Waals surface area contributed by atoms with Crippen LogP contribution in [0.1, 0.15) is 0 Å². The minimum absolute atomic E-state index is 0.0763. The van der Waals surface area contributed by atoms with Crippen molar-refractivity contribution in [3.8, 4) is 0 Å². The summed E-state index contributed by atoms with van der Waals surface area (Å²) in [4.78, 5) is 17.9. The maximum Gasteiger partial charge on any atom is 0.234 e. The Labute approximate surface area is 168 Å². The van der Waals surface area contributed by atoms with Crippen LogP contribution in [-0.2, 0) is 4.79 Å². The fraction of sp³-hybridized carbons (Fsp3) is 0.316. The van der Waals surface area contributed by atoms with Gasteiger partial charge in [0.05, 0.1) is 22.2 Å². The number of thioether (sulfide) groups is 1. The standard InChI is InChI=1S/C19H21Cl2N3OS/c1-23-8-10-24(11-9-23)17-7-6-14(20)12-16(17)22-19(25)13-26-18-5-3-2-4-15(18)21/h2-7,12H,8-11,13H2,1H3,(H,22,25). The molecule has 0 unspecified atom stereocenters. The molecular formula is C19H21Cl2N3OS. The van der Waals surface area contributed by atoms with E-state index in [2.05, 4.69) is 22.2 Å². The van der Waals surface area contributed by atoms with Gasteiger partial charge in [0.1, 0.15) is 0 Å². The normalized spacial score (nSPS) is 15.1. The first kappa shape index (κ1) is 19.4. The van der Waals surface area contributed by atoms with Crippen molar-refractivity contribution >= 4 is 52.2 Å². The molecule has 0 aliphatic carbocycles. The Morgan fingerprint density at radius 3 is 2.58 bits per heavy atom. The van der Waals surface area contributed by atoms with Gasteiger partial charge in [-0.1, -0.05) is 35.3 Å². The lowest BCUT2D eigenvalue weighted by atomic mass is 10.2. The van der Waals surface area contributed by atoms with E-state index in [1.807, 2.05) is 42.5 Å². The van der Waals surface area contributed by atoms with E-state index in [0.29, 0.717) is 15.8 Å². The molecule has 1 N–H and O–H groups in total. The van der Waals surface area contributed by atoms with Crippen molar-refractivity contribution < 1.29 is 4.79 Å². The molecule has 1 fully saturated rings. The average Bonchev–Trinajstić information content (AvgIpc) is 2.62. The minimum Gasteiger partial charge on any atom is -0.367 e. The highest BCUT2D eigenvalue weighted by Gasteiger charge is 2.18. The molecule has 2 aromatic carbocycles. The second-order valence-electron chi connectivity index (χ2n) is 6.22. The quantitative estimate of drug-likeness (QED) is 0.738. The van der Waals surface area contributed by atoms with E-state index < -0.39 is 0 Å². The molecule has 138 valence electrons. The molecule has 0 radical (unpaired) electrons. The van der Waals surface area contributed by atoms with Gasteiger partial charge in [0.25, 0.3) is 0 Å². The fourth-order valence-electron chi connectivity index (χ4n) is 2.82. The molecule has 1 aliphatic rings. The molecule has 4 nitrogen and oxygen atoms in total. The number of hydrogen-bond acceptors (Lipinski definition) is 4. The first-order chi connectivity index (χ1) is 12.5. The van der Waals surface area contributed by atoms with Gasteiger partial charge in [-0.05, 0) is 37.4 Å². The van der Waals surface area contributed by atoms with Crippen LogP contribution in [0.25, 0.3) is 0 Å². The molecule has 0 aromatic heterocycles. The highest BCUT2D eigenvalue weighted by atomic mass is 35.5. The molecule has 1 heterocycles. The van der Waals surface area contributed by atoms with Crippen LogP contribution < -0.4 is 10.2 Å². The summed E-state index contributed by atoms with van der Waals surface area (Å²) in [6.45, 7) is 3.85. The van der Waals surface area contributed by atoms with Crippen LogP contribution in [0, 0.1) is 0 Å². The Morgan fingerprint density at radius 1 is 1.12 bits per heavy atom. The largest absolute Gasteiger partial charge is 0.367 e. The predicted molar refractivity (Wildman–Crippen MR) is 112 cm³/mol. The Morgan fingerprint density at radius 2 is 1.85 bits per heavy atom. The lowest BCUT2D eigenvalue weighted by Crippen LogP contribution is -2.44. The number of amides is 1. The average molecular weight is 410 g/mol. The molecule has 1 saturated heterocycles. The van der Waals surface area contributed by atoms with Gasteiger partial charge in [-0.3, -0.25) is 4.79 Å². The number of nitrogens with zero attached hydrogens (tertiary/aromatic N) is 2. The van der Waals surface area contributed by atoms with Gasteiger partial charge in [0.2, 0.25) is 5.91 Å². The number of piperazine rings is 1. The monoisotopic (exact) mass is 409 g/mol. The van der Waals surface area contributed by atoms with Crippen molar-refractivity contribution in [1.82, 2.24) is 4.90 Å². The van der Waals surface area contributed by atoms with E-state index in [-0.39, 0.29) is 5.91 Å². The first-order valence-electron chi connectivity index (χ1n) is 8.43. The highest BCUT2D eigenvalue weighted by molar-refractivity contribution is 8.00. The molecule has 0 bridgehead atoms. The molecule has 3 rings (SSSR count). The van der Waals surface area contributed by atoms with E-state index in [9.17, 15) is 4.79 Å². The van der Waals surface area contributed by atoms with Gasteiger partial charge in [0, 0.05) is 36.1 Å². The summed E-state index contributed by atoms with van der Waals surface area (Å²) in [5.41, 5.74) is 1.77. The molecular weight excluding hydrogens is 389 g/mol. The molecule has 0 atom stereocenters. The summed E-state index contributed by atoms with van der Waals surface area (Å²) in [6, 6.07) is 13.2. The summed E-state index contributed by atoms with van der Waals surface area (Å²) >= 11 is 13.7. The van der Waals surface area contributed by atoms with Crippen LogP contribution in [0.2, 0.25) is 10.0 Å². The first-order valence-corrected chi connectivity index (χ1v) is 10.2. The molecule has 26 heavy (non-hydrogen) atoms. The number of rotatable bonds is 5. The van der Waals surface area contributed by atoms with E-state index in [1.54, 1.807) is 0 Å². The van der Waals surface area contributed by atoms with Crippen molar-refractivity contribution in [2.45, 2.75) is 4.90 Å². The van der Waals surface area contributed by atoms with Crippen LogP contribution in [-0.4, -0.2) is 49.8 Å². The molecule has 2 aromatic rings. The van der Waals surface area contributed by atoms with E-state index in [4.69, 9.17) is 23.2 Å². The third-order valence-electron chi connectivity index (χ3n) is 4.27. The summed E-state index contributed by atoms with van der Waals surface area (Å²) in [7, 11) is 2.12. The number of likely N-dealkylation sites (N-methyl/N-ethyl adjacent to an activating group) is 1. The zero-order valence-electron chi connectivity index (χ0n) is 14.5.